The summed E-state index contributed by atoms with van der Waals surface area (Å²) >= 11 is 0. The van der Waals surface area contributed by atoms with Crippen LogP contribution >= 0.6 is 0 Å². The number of aliphatic hydroxyl groups excluding tert-OH is 2. The smallest absolute Gasteiger partial charge is 0.337 e. The predicted octanol–water partition coefficient (Wildman–Crippen LogP) is -0.267. The lowest BCUT2D eigenvalue weighted by molar-refractivity contribution is -0.139. The number of carbonyl (C=O) groups is 1. The third-order valence-electron chi connectivity index (χ3n) is 3.57. The minimum absolute atomic E-state index is 0.0564. The van der Waals surface area contributed by atoms with Gasteiger partial charge in [0, 0.05) is 0 Å². The molecule has 0 spiro atoms. The maximum Gasteiger partial charge on any atom is 0.337 e. The predicted molar refractivity (Wildman–Crippen MR) is 49.9 cm³/mol. The van der Waals surface area contributed by atoms with Crippen LogP contribution < -0.4 is 0 Å². The van der Waals surface area contributed by atoms with Gasteiger partial charge < -0.3 is 20.1 Å². The summed E-state index contributed by atoms with van der Waals surface area (Å²) in [5.41, 5.74) is -1.31. The highest BCUT2D eigenvalue weighted by Crippen LogP contribution is 2.49. The first-order chi connectivity index (χ1) is 7.04. The van der Waals surface area contributed by atoms with Crippen LogP contribution in [0.15, 0.2) is 11.8 Å². The summed E-state index contributed by atoms with van der Waals surface area (Å²) in [6.07, 6.45) is 0.749. The molecule has 0 aromatic rings. The van der Waals surface area contributed by atoms with Crippen molar-refractivity contribution in [3.05, 3.63) is 11.8 Å². The molecule has 84 valence electrons. The number of esters is 1. The topological polar surface area (TPSA) is 87.0 Å². The normalized spacial score (nSPS) is 47.0. The Hall–Kier alpha value is -1.07. The Morgan fingerprint density at radius 1 is 1.67 bits per heavy atom. The highest BCUT2D eigenvalue weighted by atomic mass is 16.6. The summed E-state index contributed by atoms with van der Waals surface area (Å²) in [5.74, 6) is -1.39. The zero-order valence-electron chi connectivity index (χ0n) is 8.38. The van der Waals surface area contributed by atoms with Gasteiger partial charge in [-0.15, -0.1) is 0 Å². The average molecular weight is 214 g/mol. The van der Waals surface area contributed by atoms with E-state index in [0.717, 1.165) is 0 Å². The second kappa shape index (κ2) is 3.21. The lowest BCUT2D eigenvalue weighted by atomic mass is 9.82. The maximum atomic E-state index is 11.3. The highest BCUT2D eigenvalue weighted by molar-refractivity contribution is 5.91. The second-order valence-corrected chi connectivity index (χ2v) is 4.29. The Labute approximate surface area is 87.0 Å². The number of aliphatic hydroxyl groups is 3. The zero-order chi connectivity index (χ0) is 11.2. The van der Waals surface area contributed by atoms with Crippen LogP contribution in [-0.4, -0.2) is 39.6 Å². The Balaban J connectivity index is 2.40. The molecular formula is C10H14O5. The zero-order valence-corrected chi connectivity index (χ0v) is 8.38. The third-order valence-corrected chi connectivity index (χ3v) is 3.57. The third kappa shape index (κ3) is 1.20. The van der Waals surface area contributed by atoms with Gasteiger partial charge in [0.05, 0.1) is 24.4 Å². The molecule has 2 rings (SSSR count). The molecule has 15 heavy (non-hydrogen) atoms. The molecule has 5 nitrogen and oxygen atoms in total. The number of carbonyl (C=O) groups excluding carboxylic acids is 1. The molecule has 1 aliphatic heterocycles. The quantitative estimate of drug-likeness (QED) is 0.318. The van der Waals surface area contributed by atoms with E-state index in [0.29, 0.717) is 12.7 Å². The maximum absolute atomic E-state index is 11.3. The fourth-order valence-corrected chi connectivity index (χ4v) is 2.62. The van der Waals surface area contributed by atoms with Crippen LogP contribution in [0.1, 0.15) is 13.3 Å². The van der Waals surface area contributed by atoms with E-state index in [2.05, 4.69) is 0 Å². The Kier molecular flexibility index (Phi) is 2.24. The van der Waals surface area contributed by atoms with Crippen molar-refractivity contribution in [1.29, 1.82) is 0 Å². The monoisotopic (exact) mass is 214 g/mol. The molecule has 0 radical (unpaired) electrons. The van der Waals surface area contributed by atoms with Gasteiger partial charge in [-0.25, -0.2) is 4.79 Å². The van der Waals surface area contributed by atoms with E-state index in [4.69, 9.17) is 9.84 Å². The molecule has 1 saturated carbocycles. The molecular weight excluding hydrogens is 200 g/mol. The van der Waals surface area contributed by atoms with E-state index in [1.807, 2.05) is 0 Å². The molecule has 2 fully saturated rings. The summed E-state index contributed by atoms with van der Waals surface area (Å²) in [5, 5.41) is 28.4. The summed E-state index contributed by atoms with van der Waals surface area (Å²) in [4.78, 5) is 11.3. The lowest BCUT2D eigenvalue weighted by Crippen LogP contribution is -2.44. The molecule has 2 aliphatic rings. The molecule has 1 saturated heterocycles. The minimum Gasteiger partial charge on any atom is -0.515 e. The van der Waals surface area contributed by atoms with Crippen LogP contribution in [0.2, 0.25) is 0 Å². The fourth-order valence-electron chi connectivity index (χ4n) is 2.62. The summed E-state index contributed by atoms with van der Waals surface area (Å²) in [7, 11) is 0. The average Bonchev–Trinajstić information content (AvgIpc) is 2.63. The van der Waals surface area contributed by atoms with E-state index in [1.165, 1.54) is 0 Å². The van der Waals surface area contributed by atoms with Crippen LogP contribution in [0.3, 0.4) is 0 Å². The minimum atomic E-state index is -1.37. The van der Waals surface area contributed by atoms with Gasteiger partial charge in [0.25, 0.3) is 0 Å². The van der Waals surface area contributed by atoms with Gasteiger partial charge in [-0.3, -0.25) is 0 Å². The van der Waals surface area contributed by atoms with Gasteiger partial charge >= 0.3 is 5.97 Å². The Morgan fingerprint density at radius 3 is 2.87 bits per heavy atom. The van der Waals surface area contributed by atoms with E-state index in [1.54, 1.807) is 6.92 Å². The number of hydrogen-bond donors (Lipinski definition) is 3. The molecule has 4 atom stereocenters. The van der Waals surface area contributed by atoms with Crippen LogP contribution in [0.5, 0.6) is 0 Å². The summed E-state index contributed by atoms with van der Waals surface area (Å²) in [6, 6.07) is 0. The van der Waals surface area contributed by atoms with Crippen LogP contribution in [0.4, 0.5) is 0 Å². The molecule has 1 heterocycles. The number of fused-ring (bicyclic) bond motifs is 1. The summed E-state index contributed by atoms with van der Waals surface area (Å²) in [6.45, 7) is 1.35. The highest BCUT2D eigenvalue weighted by Gasteiger charge is 2.60. The lowest BCUT2D eigenvalue weighted by Gasteiger charge is -2.30. The first kappa shape index (κ1) is 10.4. The van der Waals surface area contributed by atoms with Crippen LogP contribution in [-0.2, 0) is 9.53 Å². The Bertz CT molecular complexity index is 324. The van der Waals surface area contributed by atoms with Crippen molar-refractivity contribution in [3.63, 3.8) is 0 Å². The van der Waals surface area contributed by atoms with Crippen molar-refractivity contribution in [2.45, 2.75) is 25.0 Å². The SMILES string of the molecule is CC1CC2OC(=O)C(=CO)C2C1(O)CO. The molecule has 3 N–H and O–H groups in total. The molecule has 0 bridgehead atoms. The van der Waals surface area contributed by atoms with Gasteiger partial charge in [-0.1, -0.05) is 6.92 Å². The van der Waals surface area contributed by atoms with Crippen molar-refractivity contribution >= 4 is 5.97 Å². The molecule has 5 heteroatoms. The first-order valence-electron chi connectivity index (χ1n) is 4.93. The second-order valence-electron chi connectivity index (χ2n) is 4.29. The van der Waals surface area contributed by atoms with Crippen LogP contribution in [0.25, 0.3) is 0 Å². The van der Waals surface area contributed by atoms with Crippen molar-refractivity contribution in [1.82, 2.24) is 0 Å². The number of ether oxygens (including phenoxy) is 1. The van der Waals surface area contributed by atoms with Gasteiger partial charge in [0.1, 0.15) is 11.7 Å². The van der Waals surface area contributed by atoms with Crippen molar-refractivity contribution in [2.75, 3.05) is 6.61 Å². The van der Waals surface area contributed by atoms with Crippen molar-refractivity contribution in [2.24, 2.45) is 11.8 Å². The molecule has 0 aromatic heterocycles. The van der Waals surface area contributed by atoms with Gasteiger partial charge in [0.2, 0.25) is 0 Å². The van der Waals surface area contributed by atoms with Gasteiger partial charge in [-0.05, 0) is 12.3 Å². The molecule has 1 aliphatic carbocycles. The van der Waals surface area contributed by atoms with E-state index in [9.17, 15) is 15.0 Å². The van der Waals surface area contributed by atoms with E-state index in [-0.39, 0.29) is 11.5 Å². The Morgan fingerprint density at radius 2 is 2.33 bits per heavy atom. The number of rotatable bonds is 1. The van der Waals surface area contributed by atoms with Crippen molar-refractivity contribution in [3.8, 4) is 0 Å². The molecule has 4 unspecified atom stereocenters. The fraction of sp³-hybridized carbons (Fsp3) is 0.700. The first-order valence-corrected chi connectivity index (χ1v) is 4.93. The van der Waals surface area contributed by atoms with Gasteiger partial charge in [-0.2, -0.15) is 0 Å². The van der Waals surface area contributed by atoms with Crippen molar-refractivity contribution < 1.29 is 24.9 Å². The standard InChI is InChI=1S/C10H14O5/c1-5-2-7-8(10(5,14)4-12)6(3-11)9(13)15-7/h3,5,7-8,11-12,14H,2,4H2,1H3. The van der Waals surface area contributed by atoms with E-state index < -0.39 is 30.2 Å². The molecule has 0 amide bonds. The number of hydrogen-bond acceptors (Lipinski definition) is 5. The summed E-state index contributed by atoms with van der Waals surface area (Å²) < 4.78 is 5.02. The van der Waals surface area contributed by atoms with Crippen LogP contribution in [0, 0.1) is 11.8 Å². The van der Waals surface area contributed by atoms with Gasteiger partial charge in [0.15, 0.2) is 0 Å². The largest absolute Gasteiger partial charge is 0.515 e. The molecule has 0 aromatic carbocycles. The van der Waals surface area contributed by atoms with E-state index >= 15 is 0 Å².